The van der Waals surface area contributed by atoms with Crippen molar-refractivity contribution < 1.29 is 19.4 Å². The van der Waals surface area contributed by atoms with Gasteiger partial charge in [-0.2, -0.15) is 5.10 Å². The number of carbonyl (C=O) groups excluding carboxylic acids is 2. The van der Waals surface area contributed by atoms with Crippen molar-refractivity contribution in [1.82, 2.24) is 9.78 Å². The summed E-state index contributed by atoms with van der Waals surface area (Å²) in [5.74, 6) is -1.11. The van der Waals surface area contributed by atoms with E-state index in [0.717, 1.165) is 28.8 Å². The summed E-state index contributed by atoms with van der Waals surface area (Å²) in [6.45, 7) is -0.210. The van der Waals surface area contributed by atoms with Gasteiger partial charge in [-0.15, -0.1) is 0 Å². The molecule has 0 spiro atoms. The van der Waals surface area contributed by atoms with Crippen molar-refractivity contribution in [3.05, 3.63) is 70.1 Å². The smallest absolute Gasteiger partial charge is 0.359 e. The number of carbonyl (C=O) groups is 2. The molecule has 8 heteroatoms. The number of fused-ring (bicyclic) bond motifs is 2. The van der Waals surface area contributed by atoms with Crippen molar-refractivity contribution >= 4 is 28.3 Å². The molecule has 2 heterocycles. The van der Waals surface area contributed by atoms with E-state index in [4.69, 9.17) is 4.74 Å². The third-order valence-electron chi connectivity index (χ3n) is 5.11. The van der Waals surface area contributed by atoms with Gasteiger partial charge >= 0.3 is 5.97 Å². The van der Waals surface area contributed by atoms with Crippen LogP contribution in [-0.4, -0.2) is 46.5 Å². The Balaban J connectivity index is 1.56. The monoisotopic (exact) mass is 407 g/mol. The number of esters is 1. The Labute approximate surface area is 172 Å². The summed E-state index contributed by atoms with van der Waals surface area (Å²) in [5.41, 5.74) is 1.46. The molecule has 1 amide bonds. The number of aliphatic hydroxyl groups excluding tert-OH is 1. The molecule has 0 bridgehead atoms. The van der Waals surface area contributed by atoms with E-state index in [9.17, 15) is 19.5 Å². The molecular weight excluding hydrogens is 386 g/mol. The van der Waals surface area contributed by atoms with Gasteiger partial charge < -0.3 is 14.7 Å². The molecule has 0 saturated heterocycles. The minimum atomic E-state index is -0.795. The van der Waals surface area contributed by atoms with E-state index >= 15 is 0 Å². The van der Waals surface area contributed by atoms with Gasteiger partial charge in [0.2, 0.25) is 0 Å². The van der Waals surface area contributed by atoms with E-state index in [1.165, 1.54) is 0 Å². The van der Waals surface area contributed by atoms with Crippen LogP contribution in [0.4, 0.5) is 5.69 Å². The number of hydrogen-bond donors (Lipinski definition) is 1. The van der Waals surface area contributed by atoms with Crippen LogP contribution in [0.2, 0.25) is 0 Å². The molecule has 0 saturated carbocycles. The van der Waals surface area contributed by atoms with Gasteiger partial charge in [0.1, 0.15) is 0 Å². The summed E-state index contributed by atoms with van der Waals surface area (Å²) in [5, 5.41) is 13.9. The molecule has 1 aromatic heterocycles. The number of amides is 1. The lowest BCUT2D eigenvalue weighted by atomic mass is 10.0. The summed E-state index contributed by atoms with van der Waals surface area (Å²) < 4.78 is 6.30. The highest BCUT2D eigenvalue weighted by Crippen LogP contribution is 2.26. The van der Waals surface area contributed by atoms with Crippen molar-refractivity contribution in [2.24, 2.45) is 0 Å². The minimum absolute atomic E-state index is 0.0482. The maximum Gasteiger partial charge on any atom is 0.359 e. The van der Waals surface area contributed by atoms with E-state index < -0.39 is 18.1 Å². The fourth-order valence-corrected chi connectivity index (χ4v) is 3.70. The first-order valence-electron chi connectivity index (χ1n) is 9.76. The van der Waals surface area contributed by atoms with Gasteiger partial charge in [0.25, 0.3) is 11.5 Å². The lowest BCUT2D eigenvalue weighted by molar-refractivity contribution is -0.121. The van der Waals surface area contributed by atoms with Crippen molar-refractivity contribution in [3.63, 3.8) is 0 Å². The number of para-hydroxylation sites is 1. The molecule has 0 fully saturated rings. The molecule has 3 aromatic rings. The molecule has 1 aliphatic heterocycles. The normalized spacial score (nSPS) is 13.2. The molecule has 1 N–H and O–H groups in total. The number of anilines is 1. The van der Waals surface area contributed by atoms with Crippen molar-refractivity contribution in [3.8, 4) is 0 Å². The first-order valence-corrected chi connectivity index (χ1v) is 9.76. The second-order valence-electron chi connectivity index (χ2n) is 7.00. The van der Waals surface area contributed by atoms with Crippen LogP contribution in [0.1, 0.15) is 22.5 Å². The number of aromatic nitrogens is 2. The zero-order valence-corrected chi connectivity index (χ0v) is 16.3. The highest BCUT2D eigenvalue weighted by Gasteiger charge is 2.24. The zero-order valence-electron chi connectivity index (χ0n) is 16.3. The summed E-state index contributed by atoms with van der Waals surface area (Å²) in [6, 6.07) is 14.2. The molecule has 154 valence electrons. The predicted molar refractivity (Wildman–Crippen MR) is 110 cm³/mol. The Morgan fingerprint density at radius 2 is 1.80 bits per heavy atom. The Bertz CT molecular complexity index is 1170. The number of nitrogens with zero attached hydrogens (tertiary/aromatic N) is 3. The molecule has 0 aliphatic carbocycles. The SMILES string of the molecule is O=C(OCC(=O)N1CCCc2ccccc21)c1nn(CCO)c(=O)c2ccccc12. The molecular formula is C22H21N3O5. The van der Waals surface area contributed by atoms with E-state index in [-0.39, 0.29) is 24.8 Å². The average molecular weight is 407 g/mol. The lowest BCUT2D eigenvalue weighted by Gasteiger charge is -2.29. The number of benzene rings is 2. The Morgan fingerprint density at radius 1 is 1.07 bits per heavy atom. The van der Waals surface area contributed by atoms with Crippen molar-refractivity contribution in [2.45, 2.75) is 19.4 Å². The van der Waals surface area contributed by atoms with Gasteiger partial charge in [0.15, 0.2) is 12.3 Å². The minimum Gasteiger partial charge on any atom is -0.451 e. The number of aliphatic hydroxyl groups is 1. The fourth-order valence-electron chi connectivity index (χ4n) is 3.70. The number of hydrogen-bond acceptors (Lipinski definition) is 6. The molecule has 4 rings (SSSR count). The molecule has 0 atom stereocenters. The molecule has 2 aromatic carbocycles. The Morgan fingerprint density at radius 3 is 2.60 bits per heavy atom. The number of rotatable bonds is 5. The first kappa shape index (κ1) is 19.8. The van der Waals surface area contributed by atoms with Gasteiger partial charge in [-0.25, -0.2) is 9.48 Å². The van der Waals surface area contributed by atoms with Crippen LogP contribution in [0.25, 0.3) is 10.8 Å². The van der Waals surface area contributed by atoms with Gasteiger partial charge in [-0.1, -0.05) is 36.4 Å². The number of aryl methyl sites for hydroxylation is 1. The second kappa shape index (κ2) is 8.46. The van der Waals surface area contributed by atoms with E-state index in [0.29, 0.717) is 17.3 Å². The van der Waals surface area contributed by atoms with Gasteiger partial charge in [-0.3, -0.25) is 9.59 Å². The quantitative estimate of drug-likeness (QED) is 0.644. The molecule has 0 radical (unpaired) electrons. The summed E-state index contributed by atoms with van der Waals surface area (Å²) in [6.07, 6.45) is 1.75. The Hall–Kier alpha value is -3.52. The van der Waals surface area contributed by atoms with Crippen LogP contribution in [0.5, 0.6) is 0 Å². The lowest BCUT2D eigenvalue weighted by Crippen LogP contribution is -2.38. The largest absolute Gasteiger partial charge is 0.451 e. The standard InChI is InChI=1S/C22H21N3O5/c26-13-12-25-21(28)17-9-3-2-8-16(17)20(23-25)22(29)30-14-19(27)24-11-5-7-15-6-1-4-10-18(15)24/h1-4,6,8-10,26H,5,7,11-14H2. The third kappa shape index (κ3) is 3.69. The first-order chi connectivity index (χ1) is 14.6. The van der Waals surface area contributed by atoms with Gasteiger partial charge in [-0.05, 0) is 30.5 Å². The highest BCUT2D eigenvalue weighted by molar-refractivity contribution is 6.03. The van der Waals surface area contributed by atoms with Crippen LogP contribution in [0, 0.1) is 0 Å². The molecule has 1 aliphatic rings. The highest BCUT2D eigenvalue weighted by atomic mass is 16.5. The van der Waals surface area contributed by atoms with Crippen LogP contribution in [0.15, 0.2) is 53.3 Å². The van der Waals surface area contributed by atoms with E-state index in [1.54, 1.807) is 29.2 Å². The van der Waals surface area contributed by atoms with E-state index in [2.05, 4.69) is 5.10 Å². The van der Waals surface area contributed by atoms with Gasteiger partial charge in [0.05, 0.1) is 18.5 Å². The maximum absolute atomic E-state index is 12.7. The van der Waals surface area contributed by atoms with Crippen LogP contribution in [0.3, 0.4) is 0 Å². The molecule has 0 unspecified atom stereocenters. The maximum atomic E-state index is 12.7. The van der Waals surface area contributed by atoms with Crippen molar-refractivity contribution in [1.29, 1.82) is 0 Å². The molecule has 30 heavy (non-hydrogen) atoms. The summed E-state index contributed by atoms with van der Waals surface area (Å²) >= 11 is 0. The topological polar surface area (TPSA) is 102 Å². The zero-order chi connectivity index (χ0) is 21.1. The van der Waals surface area contributed by atoms with E-state index in [1.807, 2.05) is 24.3 Å². The van der Waals surface area contributed by atoms with Crippen LogP contribution >= 0.6 is 0 Å². The van der Waals surface area contributed by atoms with Gasteiger partial charge in [0, 0.05) is 17.6 Å². The van der Waals surface area contributed by atoms with Crippen LogP contribution in [-0.2, 0) is 22.5 Å². The third-order valence-corrected chi connectivity index (χ3v) is 5.11. The number of ether oxygens (including phenoxy) is 1. The average Bonchev–Trinajstić information content (AvgIpc) is 2.79. The van der Waals surface area contributed by atoms with Crippen LogP contribution < -0.4 is 10.5 Å². The van der Waals surface area contributed by atoms with Crippen molar-refractivity contribution in [2.75, 3.05) is 24.7 Å². The fraction of sp³-hybridized carbons (Fsp3) is 0.273. The Kier molecular flexibility index (Phi) is 5.58. The molecule has 8 nitrogen and oxygen atoms in total. The summed E-state index contributed by atoms with van der Waals surface area (Å²) in [4.78, 5) is 39.5. The second-order valence-corrected chi connectivity index (χ2v) is 7.00. The predicted octanol–water partition coefficient (Wildman–Crippen LogP) is 1.52. The summed E-state index contributed by atoms with van der Waals surface area (Å²) in [7, 11) is 0.